The first-order valence-electron chi connectivity index (χ1n) is 8.46. The molecule has 6 nitrogen and oxygen atoms in total. The molecule has 9 heteroatoms. The summed E-state index contributed by atoms with van der Waals surface area (Å²) in [7, 11) is 0. The summed E-state index contributed by atoms with van der Waals surface area (Å²) in [5.41, 5.74) is 2.89. The van der Waals surface area contributed by atoms with Gasteiger partial charge in [-0.05, 0) is 25.0 Å². The van der Waals surface area contributed by atoms with Crippen LogP contribution in [0.4, 0.5) is 13.2 Å². The lowest BCUT2D eigenvalue weighted by Crippen LogP contribution is -2.23. The Kier molecular flexibility index (Phi) is 5.72. The van der Waals surface area contributed by atoms with Gasteiger partial charge in [0.1, 0.15) is 0 Å². The Morgan fingerprint density at radius 2 is 1.71 bits per heavy atom. The molecule has 3 aromatic rings. The Balaban J connectivity index is 1.71. The zero-order chi connectivity index (χ0) is 20.1. The first-order chi connectivity index (χ1) is 13.3. The number of alkyl halides is 3. The lowest BCUT2D eigenvalue weighted by molar-refractivity contribution is -0.154. The topological polar surface area (TPSA) is 69.9 Å². The number of halogens is 3. The Labute approximate surface area is 158 Å². The van der Waals surface area contributed by atoms with Crippen molar-refractivity contribution in [3.8, 4) is 17.3 Å². The number of hydrogen-bond acceptors (Lipinski definition) is 5. The van der Waals surface area contributed by atoms with Crippen LogP contribution in [0.25, 0.3) is 11.3 Å². The minimum Gasteiger partial charge on any atom is -0.454 e. The molecular formula is C19H17F3N4O2. The molecule has 1 aromatic carbocycles. The number of ether oxygens (including phenoxy) is 1. The quantitative estimate of drug-likeness (QED) is 0.647. The Bertz CT molecular complexity index is 984. The Morgan fingerprint density at radius 1 is 1.04 bits per heavy atom. The molecule has 0 aliphatic carbocycles. The van der Waals surface area contributed by atoms with E-state index < -0.39 is 12.8 Å². The van der Waals surface area contributed by atoms with E-state index in [9.17, 15) is 18.0 Å². The number of aryl methyl sites for hydroxylation is 3. The SMILES string of the molecule is Cc1ccc(CCn2nc(-c3cnc(OCC(F)(F)F)nc3)ccc2=O)cc1. The summed E-state index contributed by atoms with van der Waals surface area (Å²) in [6, 6.07) is 10.5. The van der Waals surface area contributed by atoms with Crippen LogP contribution in [-0.4, -0.2) is 32.5 Å². The predicted octanol–water partition coefficient (Wildman–Crippen LogP) is 3.19. The second-order valence-corrected chi connectivity index (χ2v) is 6.17. The van der Waals surface area contributed by atoms with Gasteiger partial charge < -0.3 is 4.74 Å². The van der Waals surface area contributed by atoms with Crippen molar-refractivity contribution in [2.45, 2.75) is 26.1 Å². The highest BCUT2D eigenvalue weighted by atomic mass is 19.4. The van der Waals surface area contributed by atoms with Gasteiger partial charge in [-0.3, -0.25) is 4.79 Å². The first kappa shape index (κ1) is 19.5. The van der Waals surface area contributed by atoms with Gasteiger partial charge >= 0.3 is 12.2 Å². The van der Waals surface area contributed by atoms with Gasteiger partial charge in [-0.25, -0.2) is 14.6 Å². The van der Waals surface area contributed by atoms with Gasteiger partial charge in [0.05, 0.1) is 5.69 Å². The first-order valence-corrected chi connectivity index (χ1v) is 8.46. The van der Waals surface area contributed by atoms with Gasteiger partial charge in [0.15, 0.2) is 6.61 Å². The maximum Gasteiger partial charge on any atom is 0.422 e. The maximum absolute atomic E-state index is 12.2. The van der Waals surface area contributed by atoms with Gasteiger partial charge in [0, 0.05) is 30.6 Å². The molecule has 28 heavy (non-hydrogen) atoms. The molecule has 0 atom stereocenters. The monoisotopic (exact) mass is 390 g/mol. The van der Waals surface area contributed by atoms with Crippen molar-refractivity contribution in [2.24, 2.45) is 0 Å². The van der Waals surface area contributed by atoms with Crippen molar-refractivity contribution < 1.29 is 17.9 Å². The zero-order valence-electron chi connectivity index (χ0n) is 15.0. The highest BCUT2D eigenvalue weighted by Gasteiger charge is 2.28. The Morgan fingerprint density at radius 3 is 2.36 bits per heavy atom. The summed E-state index contributed by atoms with van der Waals surface area (Å²) in [6.07, 6.45) is -1.22. The van der Waals surface area contributed by atoms with Crippen LogP contribution >= 0.6 is 0 Å². The molecule has 0 aliphatic heterocycles. The summed E-state index contributed by atoms with van der Waals surface area (Å²) in [5, 5.41) is 4.29. The summed E-state index contributed by atoms with van der Waals surface area (Å²) in [4.78, 5) is 19.6. The van der Waals surface area contributed by atoms with Crippen molar-refractivity contribution in [1.29, 1.82) is 0 Å². The zero-order valence-corrected chi connectivity index (χ0v) is 15.0. The maximum atomic E-state index is 12.2. The fourth-order valence-corrected chi connectivity index (χ4v) is 2.42. The third-order valence-electron chi connectivity index (χ3n) is 3.89. The lowest BCUT2D eigenvalue weighted by atomic mass is 10.1. The summed E-state index contributed by atoms with van der Waals surface area (Å²) >= 11 is 0. The molecule has 0 bridgehead atoms. The third-order valence-corrected chi connectivity index (χ3v) is 3.89. The normalized spacial score (nSPS) is 11.4. The van der Waals surface area contributed by atoms with E-state index in [2.05, 4.69) is 19.8 Å². The molecule has 0 amide bonds. The van der Waals surface area contributed by atoms with Crippen LogP contribution in [-0.2, 0) is 13.0 Å². The minimum atomic E-state index is -4.46. The van der Waals surface area contributed by atoms with E-state index in [0.29, 0.717) is 24.2 Å². The molecule has 0 saturated carbocycles. The number of nitrogens with zero attached hydrogens (tertiary/aromatic N) is 4. The molecule has 0 radical (unpaired) electrons. The van der Waals surface area contributed by atoms with E-state index in [0.717, 1.165) is 11.1 Å². The van der Waals surface area contributed by atoms with Crippen LogP contribution in [0.15, 0.2) is 53.6 Å². The molecule has 0 saturated heterocycles. The number of benzene rings is 1. The van der Waals surface area contributed by atoms with E-state index >= 15 is 0 Å². The van der Waals surface area contributed by atoms with Crippen LogP contribution in [0.5, 0.6) is 6.01 Å². The van der Waals surface area contributed by atoms with Crippen LogP contribution in [0.3, 0.4) is 0 Å². The molecule has 146 valence electrons. The minimum absolute atomic E-state index is 0.248. The standard InChI is InChI=1S/C19H17F3N4O2/c1-13-2-4-14(5-3-13)8-9-26-17(27)7-6-16(25-26)15-10-23-18(24-11-15)28-12-19(20,21)22/h2-7,10-11H,8-9,12H2,1H3. The molecule has 2 heterocycles. The van der Waals surface area contributed by atoms with Gasteiger partial charge in [0.25, 0.3) is 5.56 Å². The van der Waals surface area contributed by atoms with Gasteiger partial charge in [-0.15, -0.1) is 0 Å². The third kappa shape index (κ3) is 5.38. The molecule has 0 fully saturated rings. The number of rotatable bonds is 6. The molecule has 0 N–H and O–H groups in total. The fourth-order valence-electron chi connectivity index (χ4n) is 2.42. The largest absolute Gasteiger partial charge is 0.454 e. The molecule has 0 spiro atoms. The summed E-state index contributed by atoms with van der Waals surface area (Å²) in [6.45, 7) is 0.929. The van der Waals surface area contributed by atoms with E-state index in [1.807, 2.05) is 31.2 Å². The van der Waals surface area contributed by atoms with E-state index in [1.165, 1.54) is 29.2 Å². The lowest BCUT2D eigenvalue weighted by Gasteiger charge is -2.09. The second kappa shape index (κ2) is 8.20. The van der Waals surface area contributed by atoms with Crippen molar-refractivity contribution in [2.75, 3.05) is 6.61 Å². The number of hydrogen-bond donors (Lipinski definition) is 0. The van der Waals surface area contributed by atoms with Gasteiger partial charge in [-0.2, -0.15) is 18.3 Å². The van der Waals surface area contributed by atoms with Gasteiger partial charge in [-0.1, -0.05) is 29.8 Å². The van der Waals surface area contributed by atoms with Crippen molar-refractivity contribution in [3.05, 3.63) is 70.3 Å². The molecule has 2 aromatic heterocycles. The van der Waals surface area contributed by atoms with E-state index in [4.69, 9.17) is 0 Å². The molecule has 0 aliphatic rings. The average molecular weight is 390 g/mol. The van der Waals surface area contributed by atoms with Crippen molar-refractivity contribution in [3.63, 3.8) is 0 Å². The second-order valence-electron chi connectivity index (χ2n) is 6.17. The van der Waals surface area contributed by atoms with E-state index in [1.54, 1.807) is 0 Å². The Hall–Kier alpha value is -3.23. The predicted molar refractivity (Wildman–Crippen MR) is 96.0 cm³/mol. The van der Waals surface area contributed by atoms with E-state index in [-0.39, 0.29) is 11.6 Å². The van der Waals surface area contributed by atoms with Crippen LogP contribution in [0.2, 0.25) is 0 Å². The summed E-state index contributed by atoms with van der Waals surface area (Å²) < 4.78 is 42.3. The average Bonchev–Trinajstić information content (AvgIpc) is 2.67. The summed E-state index contributed by atoms with van der Waals surface area (Å²) in [5.74, 6) is 0. The van der Waals surface area contributed by atoms with Gasteiger partial charge in [0.2, 0.25) is 0 Å². The molecule has 3 rings (SSSR count). The van der Waals surface area contributed by atoms with Crippen LogP contribution < -0.4 is 10.3 Å². The molecular weight excluding hydrogens is 373 g/mol. The van der Waals surface area contributed by atoms with Crippen molar-refractivity contribution in [1.82, 2.24) is 19.7 Å². The van der Waals surface area contributed by atoms with Crippen LogP contribution in [0.1, 0.15) is 11.1 Å². The smallest absolute Gasteiger partial charge is 0.422 e. The fraction of sp³-hybridized carbons (Fsp3) is 0.263. The van der Waals surface area contributed by atoms with Crippen molar-refractivity contribution >= 4 is 0 Å². The van der Waals surface area contributed by atoms with Crippen LogP contribution in [0, 0.1) is 6.92 Å². The highest BCUT2D eigenvalue weighted by molar-refractivity contribution is 5.55. The molecule has 0 unspecified atom stereocenters. The number of aromatic nitrogens is 4. The highest BCUT2D eigenvalue weighted by Crippen LogP contribution is 2.18.